The van der Waals surface area contributed by atoms with Crippen molar-refractivity contribution in [1.29, 1.82) is 0 Å². The quantitative estimate of drug-likeness (QED) is 0.875. The highest BCUT2D eigenvalue weighted by atomic mass is 32.2. The molecule has 0 amide bonds. The fraction of sp³-hybridized carbons (Fsp3) is 0.214. The maximum Gasteiger partial charge on any atom is 0.272 e. The Balaban J connectivity index is 2.25. The van der Waals surface area contributed by atoms with Crippen LogP contribution in [0.1, 0.15) is 11.5 Å². The Bertz CT molecular complexity index is 725. The molecule has 2 N–H and O–H groups in total. The molecule has 4 nitrogen and oxygen atoms in total. The summed E-state index contributed by atoms with van der Waals surface area (Å²) in [5, 5.41) is 0. The van der Waals surface area contributed by atoms with Gasteiger partial charge in [0.1, 0.15) is 5.82 Å². The summed E-state index contributed by atoms with van der Waals surface area (Å²) in [5.41, 5.74) is 7.29. The number of para-hydroxylation sites is 1. The number of hydrogen-bond donors (Lipinski definition) is 1. The lowest BCUT2D eigenvalue weighted by atomic mass is 10.2. The van der Waals surface area contributed by atoms with Gasteiger partial charge in [0.25, 0.3) is 5.56 Å². The summed E-state index contributed by atoms with van der Waals surface area (Å²) in [5.74, 6) is 1.53. The van der Waals surface area contributed by atoms with Gasteiger partial charge in [-0.3, -0.25) is 9.36 Å². The average Bonchev–Trinajstić information content (AvgIpc) is 2.88. The SMILES string of the molecule is NC(=S)Cc1nc2c(c(=O)n1-c1ccccc1)SCC2. The molecule has 0 saturated heterocycles. The molecule has 0 fully saturated rings. The van der Waals surface area contributed by atoms with Gasteiger partial charge in [0.05, 0.1) is 27.7 Å². The molecular formula is C14H13N3OS2. The first-order chi connectivity index (χ1) is 9.66. The third-order valence-electron chi connectivity index (χ3n) is 3.11. The van der Waals surface area contributed by atoms with E-state index < -0.39 is 0 Å². The number of nitrogens with zero attached hydrogens (tertiary/aromatic N) is 2. The van der Waals surface area contributed by atoms with Gasteiger partial charge in [-0.05, 0) is 12.1 Å². The lowest BCUT2D eigenvalue weighted by Gasteiger charge is -2.13. The Hall–Kier alpha value is -1.66. The Morgan fingerprint density at radius 3 is 2.85 bits per heavy atom. The third-order valence-corrected chi connectivity index (χ3v) is 4.37. The van der Waals surface area contributed by atoms with Crippen molar-refractivity contribution in [2.75, 3.05) is 5.75 Å². The number of hydrogen-bond acceptors (Lipinski definition) is 4. The van der Waals surface area contributed by atoms with Crippen LogP contribution in [0, 0.1) is 0 Å². The molecule has 0 atom stereocenters. The van der Waals surface area contributed by atoms with Crippen LogP contribution < -0.4 is 11.3 Å². The van der Waals surface area contributed by atoms with E-state index in [4.69, 9.17) is 18.0 Å². The molecule has 3 rings (SSSR count). The molecule has 1 aromatic heterocycles. The van der Waals surface area contributed by atoms with Crippen molar-refractivity contribution in [2.45, 2.75) is 17.7 Å². The maximum atomic E-state index is 12.7. The van der Waals surface area contributed by atoms with Crippen LogP contribution in [-0.4, -0.2) is 20.3 Å². The smallest absolute Gasteiger partial charge is 0.272 e. The molecule has 6 heteroatoms. The van der Waals surface area contributed by atoms with E-state index >= 15 is 0 Å². The molecular weight excluding hydrogens is 290 g/mol. The minimum atomic E-state index is -0.0186. The van der Waals surface area contributed by atoms with Crippen molar-refractivity contribution in [3.8, 4) is 5.69 Å². The summed E-state index contributed by atoms with van der Waals surface area (Å²) in [7, 11) is 0. The van der Waals surface area contributed by atoms with Gasteiger partial charge in [-0.1, -0.05) is 30.4 Å². The molecule has 20 heavy (non-hydrogen) atoms. The molecule has 1 aliphatic rings. The van der Waals surface area contributed by atoms with Crippen molar-refractivity contribution in [2.24, 2.45) is 5.73 Å². The van der Waals surface area contributed by atoms with Gasteiger partial charge >= 0.3 is 0 Å². The third kappa shape index (κ3) is 2.36. The lowest BCUT2D eigenvalue weighted by Crippen LogP contribution is -2.28. The van der Waals surface area contributed by atoms with Gasteiger partial charge in [-0.15, -0.1) is 11.8 Å². The van der Waals surface area contributed by atoms with E-state index in [2.05, 4.69) is 4.98 Å². The number of thiocarbonyl (C=S) groups is 1. The molecule has 0 radical (unpaired) electrons. The van der Waals surface area contributed by atoms with Crippen molar-refractivity contribution < 1.29 is 0 Å². The Morgan fingerprint density at radius 2 is 2.15 bits per heavy atom. The first-order valence-corrected chi connectivity index (χ1v) is 7.67. The zero-order chi connectivity index (χ0) is 14.1. The van der Waals surface area contributed by atoms with E-state index in [-0.39, 0.29) is 5.56 Å². The lowest BCUT2D eigenvalue weighted by molar-refractivity contribution is 0.789. The molecule has 0 unspecified atom stereocenters. The number of fused-ring (bicyclic) bond motifs is 1. The summed E-state index contributed by atoms with van der Waals surface area (Å²) in [6.07, 6.45) is 1.16. The average molecular weight is 303 g/mol. The first kappa shape index (κ1) is 13.3. The van der Waals surface area contributed by atoms with Crippen LogP contribution in [0.25, 0.3) is 5.69 Å². The van der Waals surface area contributed by atoms with Gasteiger partial charge in [-0.2, -0.15) is 0 Å². The summed E-state index contributed by atoms with van der Waals surface area (Å²) in [4.78, 5) is 18.4. The van der Waals surface area contributed by atoms with Crippen LogP contribution in [0.2, 0.25) is 0 Å². The van der Waals surface area contributed by atoms with Crippen molar-refractivity contribution in [3.05, 3.63) is 52.2 Å². The summed E-state index contributed by atoms with van der Waals surface area (Å²) >= 11 is 6.55. The van der Waals surface area contributed by atoms with E-state index in [9.17, 15) is 4.79 Å². The largest absolute Gasteiger partial charge is 0.393 e. The normalized spacial score (nSPS) is 13.2. The fourth-order valence-corrected chi connectivity index (χ4v) is 3.44. The summed E-state index contributed by atoms with van der Waals surface area (Å²) in [6.45, 7) is 0. The Labute approximate surface area is 126 Å². The Morgan fingerprint density at radius 1 is 1.40 bits per heavy atom. The molecule has 0 bridgehead atoms. The van der Waals surface area contributed by atoms with Gasteiger partial charge in [-0.25, -0.2) is 4.98 Å². The van der Waals surface area contributed by atoms with Gasteiger partial charge in [0.2, 0.25) is 0 Å². The topological polar surface area (TPSA) is 60.9 Å². The highest BCUT2D eigenvalue weighted by Crippen LogP contribution is 2.27. The predicted octanol–water partition coefficient (Wildman–Crippen LogP) is 1.71. The van der Waals surface area contributed by atoms with Gasteiger partial charge in [0, 0.05) is 12.2 Å². The van der Waals surface area contributed by atoms with Gasteiger partial charge in [0.15, 0.2) is 0 Å². The second-order valence-corrected chi connectivity index (χ2v) is 6.15. The van der Waals surface area contributed by atoms with Crippen molar-refractivity contribution in [3.63, 3.8) is 0 Å². The number of benzene rings is 1. The monoisotopic (exact) mass is 303 g/mol. The van der Waals surface area contributed by atoms with Crippen LogP contribution in [0.15, 0.2) is 40.0 Å². The molecule has 1 aromatic carbocycles. The molecule has 0 saturated carbocycles. The van der Waals surface area contributed by atoms with Crippen molar-refractivity contribution in [1.82, 2.24) is 9.55 Å². The second kappa shape index (κ2) is 5.38. The van der Waals surface area contributed by atoms with E-state index in [1.165, 1.54) is 0 Å². The van der Waals surface area contributed by atoms with E-state index in [0.29, 0.717) is 17.2 Å². The Kier molecular flexibility index (Phi) is 3.58. The summed E-state index contributed by atoms with van der Waals surface area (Å²) < 4.78 is 1.62. The van der Waals surface area contributed by atoms with E-state index in [1.807, 2.05) is 30.3 Å². The zero-order valence-corrected chi connectivity index (χ0v) is 12.3. The molecule has 2 aromatic rings. The van der Waals surface area contributed by atoms with Crippen LogP contribution in [0.5, 0.6) is 0 Å². The molecule has 0 spiro atoms. The number of nitrogens with two attached hydrogens (primary N) is 1. The van der Waals surface area contributed by atoms with Crippen molar-refractivity contribution >= 4 is 29.0 Å². The minimum Gasteiger partial charge on any atom is -0.393 e. The van der Waals surface area contributed by atoms with Gasteiger partial charge < -0.3 is 5.73 Å². The maximum absolute atomic E-state index is 12.7. The minimum absolute atomic E-state index is 0.0186. The molecule has 102 valence electrons. The van der Waals surface area contributed by atoms with Crippen LogP contribution in [0.3, 0.4) is 0 Å². The van der Waals surface area contributed by atoms with E-state index in [0.717, 1.165) is 28.5 Å². The molecule has 0 aliphatic carbocycles. The number of aromatic nitrogens is 2. The number of thioether (sulfide) groups is 1. The standard InChI is InChI=1S/C14H13N3OS2/c15-11(19)8-12-16-10-6-7-20-13(10)14(18)17(12)9-4-2-1-3-5-9/h1-5H,6-8H2,(H2,15,19). The number of aryl methyl sites for hydroxylation is 1. The van der Waals surface area contributed by atoms with Crippen LogP contribution in [0.4, 0.5) is 0 Å². The zero-order valence-electron chi connectivity index (χ0n) is 10.7. The van der Waals surface area contributed by atoms with E-state index in [1.54, 1.807) is 16.3 Å². The fourth-order valence-electron chi connectivity index (χ4n) is 2.28. The number of rotatable bonds is 3. The predicted molar refractivity (Wildman–Crippen MR) is 84.8 cm³/mol. The van der Waals surface area contributed by atoms with Crippen LogP contribution in [-0.2, 0) is 12.8 Å². The first-order valence-electron chi connectivity index (χ1n) is 6.28. The highest BCUT2D eigenvalue weighted by molar-refractivity contribution is 7.99. The molecule has 1 aliphatic heterocycles. The second-order valence-electron chi connectivity index (χ2n) is 4.52. The van der Waals surface area contributed by atoms with Crippen LogP contribution >= 0.6 is 24.0 Å². The summed E-state index contributed by atoms with van der Waals surface area (Å²) in [6, 6.07) is 9.48. The highest BCUT2D eigenvalue weighted by Gasteiger charge is 2.22. The molecule has 2 heterocycles.